The summed E-state index contributed by atoms with van der Waals surface area (Å²) in [5.41, 5.74) is 1.68. The van der Waals surface area contributed by atoms with Crippen molar-refractivity contribution in [2.24, 2.45) is 0 Å². The highest BCUT2D eigenvalue weighted by atomic mass is 19.4. The van der Waals surface area contributed by atoms with Gasteiger partial charge in [0.1, 0.15) is 0 Å². The summed E-state index contributed by atoms with van der Waals surface area (Å²) in [6.45, 7) is 5.72. The first-order chi connectivity index (χ1) is 17.1. The summed E-state index contributed by atoms with van der Waals surface area (Å²) < 4.78 is 40.7. The number of alkyl halides is 3. The first-order valence-electron chi connectivity index (χ1n) is 11.4. The van der Waals surface area contributed by atoms with E-state index in [1.165, 1.54) is 21.7 Å². The molecule has 0 N–H and O–H groups in total. The highest BCUT2D eigenvalue weighted by Crippen LogP contribution is 2.31. The topological polar surface area (TPSA) is 82.2 Å². The molecular weight excluding hydrogens is 471 g/mol. The van der Waals surface area contributed by atoms with Gasteiger partial charge in [-0.05, 0) is 49.7 Å². The Hall–Kier alpha value is -3.97. The van der Waals surface area contributed by atoms with Crippen molar-refractivity contribution >= 4 is 11.7 Å². The third-order valence-corrected chi connectivity index (χ3v) is 6.28. The fourth-order valence-corrected chi connectivity index (χ4v) is 4.34. The lowest BCUT2D eigenvalue weighted by molar-refractivity contribution is -0.137. The highest BCUT2D eigenvalue weighted by molar-refractivity contribution is 6.43. The number of benzene rings is 2. The van der Waals surface area contributed by atoms with E-state index in [-0.39, 0.29) is 16.9 Å². The molecule has 2 heterocycles. The summed E-state index contributed by atoms with van der Waals surface area (Å²) in [4.78, 5) is 29.8. The van der Waals surface area contributed by atoms with Crippen LogP contribution in [0.2, 0.25) is 0 Å². The molecule has 186 valence electrons. The van der Waals surface area contributed by atoms with Crippen LogP contribution >= 0.6 is 0 Å². The molecular formula is C26H24F3N5O2. The van der Waals surface area contributed by atoms with E-state index in [1.807, 2.05) is 12.1 Å². The fourth-order valence-electron chi connectivity index (χ4n) is 4.34. The summed E-state index contributed by atoms with van der Waals surface area (Å²) in [5.74, 6) is -1.37. The van der Waals surface area contributed by atoms with E-state index in [9.17, 15) is 22.8 Å². The van der Waals surface area contributed by atoms with Gasteiger partial charge in [0.2, 0.25) is 0 Å². The summed E-state index contributed by atoms with van der Waals surface area (Å²) in [6, 6.07) is 14.1. The average molecular weight is 496 g/mol. The van der Waals surface area contributed by atoms with E-state index < -0.39 is 23.4 Å². The Morgan fingerprint density at radius 1 is 1.03 bits per heavy atom. The van der Waals surface area contributed by atoms with Crippen molar-refractivity contribution in [1.29, 1.82) is 5.26 Å². The average Bonchev–Trinajstić information content (AvgIpc) is 3.17. The van der Waals surface area contributed by atoms with Gasteiger partial charge < -0.3 is 4.90 Å². The zero-order valence-corrected chi connectivity index (χ0v) is 19.8. The first kappa shape index (κ1) is 25.1. The Kier molecular flexibility index (Phi) is 6.95. The van der Waals surface area contributed by atoms with Gasteiger partial charge in [-0.2, -0.15) is 23.5 Å². The number of aromatic nitrogens is 2. The monoisotopic (exact) mass is 495 g/mol. The number of hydrogen-bond donors (Lipinski definition) is 0. The van der Waals surface area contributed by atoms with E-state index in [0.717, 1.165) is 17.7 Å². The molecule has 0 atom stereocenters. The van der Waals surface area contributed by atoms with Gasteiger partial charge in [0.15, 0.2) is 0 Å². The maximum Gasteiger partial charge on any atom is 0.416 e. The van der Waals surface area contributed by atoms with E-state index in [2.05, 4.69) is 16.1 Å². The summed E-state index contributed by atoms with van der Waals surface area (Å²) in [7, 11) is 0. The molecule has 1 aliphatic heterocycles. The van der Waals surface area contributed by atoms with Gasteiger partial charge in [0.25, 0.3) is 11.7 Å². The molecule has 0 saturated carbocycles. The van der Waals surface area contributed by atoms with Crippen molar-refractivity contribution in [2.45, 2.75) is 26.6 Å². The number of aryl methyl sites for hydroxylation is 1. The molecule has 1 aromatic heterocycles. The van der Waals surface area contributed by atoms with Crippen LogP contribution in [0.25, 0.3) is 5.69 Å². The molecule has 1 aliphatic rings. The summed E-state index contributed by atoms with van der Waals surface area (Å²) in [5, 5.41) is 13.2. The molecule has 3 aromatic rings. The Morgan fingerprint density at radius 2 is 1.69 bits per heavy atom. The number of rotatable bonds is 5. The summed E-state index contributed by atoms with van der Waals surface area (Å²) >= 11 is 0. The molecule has 0 radical (unpaired) electrons. The minimum absolute atomic E-state index is 0.109. The lowest BCUT2D eigenvalue weighted by atomic mass is 10.1. The molecule has 1 fully saturated rings. The second-order valence-corrected chi connectivity index (χ2v) is 8.71. The van der Waals surface area contributed by atoms with Crippen LogP contribution in [0.1, 0.15) is 38.4 Å². The van der Waals surface area contributed by atoms with Gasteiger partial charge in [-0.3, -0.25) is 14.5 Å². The van der Waals surface area contributed by atoms with Gasteiger partial charge in [0.05, 0.1) is 39.8 Å². The maximum atomic E-state index is 13.1. The Bertz CT molecular complexity index is 1330. The second-order valence-electron chi connectivity index (χ2n) is 8.71. The SMILES string of the molecule is Cc1nn(-c2cccc(C(F)(F)F)c2)c(C)c1C(=O)C(=O)N1CCN(Cc2ccc(C#N)cc2)CC1. The highest BCUT2D eigenvalue weighted by Gasteiger charge is 2.33. The number of nitrogens with zero attached hydrogens (tertiary/aromatic N) is 5. The number of carbonyl (C=O) groups excluding carboxylic acids is 2. The van der Waals surface area contributed by atoms with E-state index in [1.54, 1.807) is 26.0 Å². The van der Waals surface area contributed by atoms with Crippen molar-refractivity contribution in [3.05, 3.63) is 82.2 Å². The van der Waals surface area contributed by atoms with Crippen LogP contribution in [-0.2, 0) is 17.5 Å². The maximum absolute atomic E-state index is 13.1. The number of Topliss-reactive ketones (excluding diaryl/α,β-unsaturated/α-hetero) is 1. The smallest absolute Gasteiger partial charge is 0.333 e. The Morgan fingerprint density at radius 3 is 2.31 bits per heavy atom. The van der Waals surface area contributed by atoms with Crippen LogP contribution in [0.15, 0.2) is 48.5 Å². The van der Waals surface area contributed by atoms with Crippen molar-refractivity contribution in [3.63, 3.8) is 0 Å². The molecule has 7 nitrogen and oxygen atoms in total. The Balaban J connectivity index is 1.44. The number of carbonyl (C=O) groups is 2. The normalized spacial score (nSPS) is 14.5. The lowest BCUT2D eigenvalue weighted by Gasteiger charge is -2.34. The molecule has 0 aliphatic carbocycles. The number of piperazine rings is 1. The largest absolute Gasteiger partial charge is 0.416 e. The third-order valence-electron chi connectivity index (χ3n) is 6.28. The minimum atomic E-state index is -4.51. The Labute approximate surface area is 206 Å². The summed E-state index contributed by atoms with van der Waals surface area (Å²) in [6.07, 6.45) is -4.51. The van der Waals surface area contributed by atoms with Crippen molar-refractivity contribution in [1.82, 2.24) is 19.6 Å². The van der Waals surface area contributed by atoms with Crippen LogP contribution < -0.4 is 0 Å². The molecule has 0 spiro atoms. The molecule has 1 saturated heterocycles. The molecule has 4 rings (SSSR count). The quantitative estimate of drug-likeness (QED) is 0.396. The van der Waals surface area contributed by atoms with E-state index in [0.29, 0.717) is 44.0 Å². The fraction of sp³-hybridized carbons (Fsp3) is 0.308. The zero-order chi connectivity index (χ0) is 26.0. The predicted molar refractivity (Wildman–Crippen MR) is 125 cm³/mol. The number of ketones is 1. The zero-order valence-electron chi connectivity index (χ0n) is 19.8. The molecule has 36 heavy (non-hydrogen) atoms. The van der Waals surface area contributed by atoms with Crippen LogP contribution in [0.4, 0.5) is 13.2 Å². The minimum Gasteiger partial charge on any atom is -0.333 e. The van der Waals surface area contributed by atoms with Gasteiger partial charge in [0, 0.05) is 32.7 Å². The molecule has 10 heteroatoms. The van der Waals surface area contributed by atoms with Crippen molar-refractivity contribution in [2.75, 3.05) is 26.2 Å². The van der Waals surface area contributed by atoms with E-state index >= 15 is 0 Å². The van der Waals surface area contributed by atoms with Crippen molar-refractivity contribution < 1.29 is 22.8 Å². The standard InChI is InChI=1S/C26H24F3N5O2/c1-17-23(18(2)34(31-17)22-5-3-4-21(14-22)26(27,28)29)24(35)25(36)33-12-10-32(11-13-33)16-20-8-6-19(15-30)7-9-20/h3-9,14H,10-13,16H2,1-2H3. The molecule has 1 amide bonds. The van der Waals surface area contributed by atoms with Crippen LogP contribution in [0.5, 0.6) is 0 Å². The predicted octanol–water partition coefficient (Wildman–Crippen LogP) is 3.91. The number of halogens is 3. The first-order valence-corrected chi connectivity index (χ1v) is 11.4. The molecule has 0 bridgehead atoms. The second kappa shape index (κ2) is 9.95. The van der Waals surface area contributed by atoms with Crippen LogP contribution in [0.3, 0.4) is 0 Å². The van der Waals surface area contributed by atoms with E-state index in [4.69, 9.17) is 5.26 Å². The van der Waals surface area contributed by atoms with Crippen LogP contribution in [0, 0.1) is 25.2 Å². The molecule has 2 aromatic carbocycles. The number of hydrogen-bond acceptors (Lipinski definition) is 5. The third kappa shape index (κ3) is 5.16. The lowest BCUT2D eigenvalue weighted by Crippen LogP contribution is -2.50. The van der Waals surface area contributed by atoms with Gasteiger partial charge in [-0.1, -0.05) is 18.2 Å². The van der Waals surface area contributed by atoms with Gasteiger partial charge in [-0.25, -0.2) is 4.68 Å². The van der Waals surface area contributed by atoms with Gasteiger partial charge in [-0.15, -0.1) is 0 Å². The number of amides is 1. The van der Waals surface area contributed by atoms with Crippen LogP contribution in [-0.4, -0.2) is 57.4 Å². The molecule has 0 unspecified atom stereocenters. The van der Waals surface area contributed by atoms with Gasteiger partial charge >= 0.3 is 6.18 Å². The number of nitriles is 1. The van der Waals surface area contributed by atoms with Crippen molar-refractivity contribution in [3.8, 4) is 11.8 Å².